The molecule has 23 heavy (non-hydrogen) atoms. The van der Waals surface area contributed by atoms with Gasteiger partial charge in [0.1, 0.15) is 5.69 Å². The molecular formula is C18H20N4O. The van der Waals surface area contributed by atoms with Gasteiger partial charge in [-0.15, -0.1) is 0 Å². The molecule has 3 rings (SSSR count). The van der Waals surface area contributed by atoms with Gasteiger partial charge in [-0.2, -0.15) is 0 Å². The zero-order chi connectivity index (χ0) is 16.6. The first-order valence-corrected chi connectivity index (χ1v) is 7.66. The predicted octanol–water partition coefficient (Wildman–Crippen LogP) is 3.21. The number of benzene rings is 1. The molecule has 1 amide bonds. The number of hydrogen-bond acceptors (Lipinski definition) is 4. The predicted molar refractivity (Wildman–Crippen MR) is 92.9 cm³/mol. The van der Waals surface area contributed by atoms with Gasteiger partial charge in [-0.25, -0.2) is 9.97 Å². The van der Waals surface area contributed by atoms with E-state index in [1.54, 1.807) is 0 Å². The summed E-state index contributed by atoms with van der Waals surface area (Å²) < 4.78 is 0. The van der Waals surface area contributed by atoms with Crippen molar-refractivity contribution in [2.45, 2.75) is 33.6 Å². The van der Waals surface area contributed by atoms with Crippen LogP contribution in [0.1, 0.15) is 37.7 Å². The quantitative estimate of drug-likeness (QED) is 0.835. The summed E-state index contributed by atoms with van der Waals surface area (Å²) in [6.07, 6.45) is 3.61. The maximum atomic E-state index is 11.4. The zero-order valence-electron chi connectivity index (χ0n) is 13.6. The first-order valence-electron chi connectivity index (χ1n) is 7.66. The second-order valence-corrected chi connectivity index (χ2v) is 6.07. The lowest BCUT2D eigenvalue weighted by molar-refractivity contribution is -0.114. The van der Waals surface area contributed by atoms with E-state index in [0.29, 0.717) is 11.5 Å². The van der Waals surface area contributed by atoms with Crippen LogP contribution in [0.15, 0.2) is 23.8 Å². The molecule has 0 spiro atoms. The highest BCUT2D eigenvalue weighted by molar-refractivity contribution is 5.90. The van der Waals surface area contributed by atoms with E-state index < -0.39 is 0 Å². The van der Waals surface area contributed by atoms with Crippen LogP contribution in [0, 0.1) is 0 Å². The summed E-state index contributed by atoms with van der Waals surface area (Å²) in [7, 11) is 0. The first kappa shape index (κ1) is 15.2. The van der Waals surface area contributed by atoms with E-state index >= 15 is 0 Å². The van der Waals surface area contributed by atoms with Gasteiger partial charge in [0.05, 0.1) is 11.4 Å². The molecule has 5 heteroatoms. The molecule has 0 atom stereocenters. The van der Waals surface area contributed by atoms with Crippen molar-refractivity contribution in [1.82, 2.24) is 9.97 Å². The van der Waals surface area contributed by atoms with Crippen LogP contribution < -0.4 is 11.1 Å². The summed E-state index contributed by atoms with van der Waals surface area (Å²) in [4.78, 5) is 20.9. The van der Waals surface area contributed by atoms with E-state index in [-0.39, 0.29) is 5.91 Å². The lowest BCUT2D eigenvalue weighted by Gasteiger charge is -2.20. The second-order valence-electron chi connectivity index (χ2n) is 6.07. The number of fused-ring (bicyclic) bond motifs is 3. The summed E-state index contributed by atoms with van der Waals surface area (Å²) in [6, 6.07) is 5.89. The molecule has 0 saturated carbocycles. The van der Waals surface area contributed by atoms with Crippen LogP contribution in [0.4, 0.5) is 11.5 Å². The third-order valence-corrected chi connectivity index (χ3v) is 3.73. The Morgan fingerprint density at radius 2 is 2.00 bits per heavy atom. The molecule has 118 valence electrons. The summed E-state index contributed by atoms with van der Waals surface area (Å²) in [5, 5.41) is 2.78. The Hall–Kier alpha value is -2.69. The number of nitrogens with two attached hydrogens (primary N) is 1. The van der Waals surface area contributed by atoms with Crippen molar-refractivity contribution in [2.75, 3.05) is 11.1 Å². The lowest BCUT2D eigenvalue weighted by atomic mass is 9.91. The Labute approximate surface area is 135 Å². The van der Waals surface area contributed by atoms with Crippen LogP contribution in [-0.4, -0.2) is 15.9 Å². The molecule has 1 aliphatic carbocycles. The second kappa shape index (κ2) is 5.83. The maximum Gasteiger partial charge on any atom is 0.222 e. The number of anilines is 2. The van der Waals surface area contributed by atoms with Gasteiger partial charge in [-0.3, -0.25) is 4.79 Å². The van der Waals surface area contributed by atoms with Gasteiger partial charge in [-0.1, -0.05) is 11.6 Å². The van der Waals surface area contributed by atoms with Crippen LogP contribution in [0.25, 0.3) is 17.3 Å². The third-order valence-electron chi connectivity index (χ3n) is 3.73. The van der Waals surface area contributed by atoms with Gasteiger partial charge in [0.25, 0.3) is 0 Å². The Morgan fingerprint density at radius 3 is 2.70 bits per heavy atom. The van der Waals surface area contributed by atoms with Gasteiger partial charge < -0.3 is 11.1 Å². The van der Waals surface area contributed by atoms with E-state index in [4.69, 9.17) is 10.7 Å². The van der Waals surface area contributed by atoms with E-state index in [0.717, 1.165) is 41.1 Å². The zero-order valence-corrected chi connectivity index (χ0v) is 13.6. The molecule has 0 aliphatic heterocycles. The number of rotatable bonds is 2. The normalized spacial score (nSPS) is 12.1. The summed E-state index contributed by atoms with van der Waals surface area (Å²) in [5.74, 6) is 0.378. The van der Waals surface area contributed by atoms with Gasteiger partial charge >= 0.3 is 0 Å². The standard InChI is InChI=1S/C18H20N4O/c1-10(2)8-16-18(20-11(3)23)22-15-7-4-12-9-13(19)5-6-14(12)17(15)21-16/h5-6,8-9H,4,7,19H2,1-3H3,(H,20,22,23). The Bertz CT molecular complexity index is 820. The number of carbonyl (C=O) groups excluding carboxylic acids is 1. The van der Waals surface area contributed by atoms with Crippen LogP contribution in [0.2, 0.25) is 0 Å². The largest absolute Gasteiger partial charge is 0.399 e. The van der Waals surface area contributed by atoms with E-state index in [1.807, 2.05) is 38.1 Å². The Balaban J connectivity index is 2.18. The molecule has 0 fully saturated rings. The molecule has 1 aromatic heterocycles. The Morgan fingerprint density at radius 1 is 1.22 bits per heavy atom. The number of carbonyl (C=O) groups is 1. The molecule has 1 aliphatic rings. The third kappa shape index (κ3) is 3.08. The molecule has 5 nitrogen and oxygen atoms in total. The molecule has 0 unspecified atom stereocenters. The molecule has 0 bridgehead atoms. The molecule has 2 aromatic rings. The fraction of sp³-hybridized carbons (Fsp3) is 0.278. The van der Waals surface area contributed by atoms with Crippen LogP contribution in [0.5, 0.6) is 0 Å². The number of hydrogen-bond donors (Lipinski definition) is 2. The van der Waals surface area contributed by atoms with Gasteiger partial charge in [0, 0.05) is 18.2 Å². The van der Waals surface area contributed by atoms with Gasteiger partial charge in [-0.05, 0) is 50.5 Å². The highest BCUT2D eigenvalue weighted by Gasteiger charge is 2.21. The van der Waals surface area contributed by atoms with Crippen molar-refractivity contribution in [1.29, 1.82) is 0 Å². The van der Waals surface area contributed by atoms with Gasteiger partial charge in [0.2, 0.25) is 5.91 Å². The molecule has 0 radical (unpaired) electrons. The van der Waals surface area contributed by atoms with E-state index in [2.05, 4.69) is 10.3 Å². The minimum Gasteiger partial charge on any atom is -0.399 e. The average molecular weight is 308 g/mol. The highest BCUT2D eigenvalue weighted by Crippen LogP contribution is 2.34. The summed E-state index contributed by atoms with van der Waals surface area (Å²) in [5.41, 5.74) is 12.5. The van der Waals surface area contributed by atoms with Crippen LogP contribution in [-0.2, 0) is 17.6 Å². The number of nitrogen functional groups attached to an aromatic ring is 1. The number of amides is 1. The molecule has 1 aromatic carbocycles. The van der Waals surface area contributed by atoms with Crippen molar-refractivity contribution in [3.05, 3.63) is 40.7 Å². The number of aryl methyl sites for hydroxylation is 2. The highest BCUT2D eigenvalue weighted by atomic mass is 16.1. The number of nitrogens with zero attached hydrogens (tertiary/aromatic N) is 2. The first-order chi connectivity index (χ1) is 10.9. The monoisotopic (exact) mass is 308 g/mol. The minimum atomic E-state index is -0.147. The Kier molecular flexibility index (Phi) is 3.86. The van der Waals surface area contributed by atoms with Crippen molar-refractivity contribution in [3.63, 3.8) is 0 Å². The van der Waals surface area contributed by atoms with Crippen molar-refractivity contribution >= 4 is 23.5 Å². The molecule has 1 heterocycles. The number of nitrogens with one attached hydrogen (secondary N) is 1. The summed E-state index contributed by atoms with van der Waals surface area (Å²) >= 11 is 0. The molecule has 0 saturated heterocycles. The molecule has 3 N–H and O–H groups in total. The topological polar surface area (TPSA) is 80.9 Å². The van der Waals surface area contributed by atoms with Crippen molar-refractivity contribution in [3.8, 4) is 11.3 Å². The number of aromatic nitrogens is 2. The van der Waals surface area contributed by atoms with Gasteiger partial charge in [0.15, 0.2) is 5.82 Å². The number of allylic oxidation sites excluding steroid dienone is 1. The maximum absolute atomic E-state index is 11.4. The SMILES string of the molecule is CC(=O)Nc1nc2c(nc1C=C(C)C)-c1ccc(N)cc1CC2. The van der Waals surface area contributed by atoms with Crippen molar-refractivity contribution < 1.29 is 4.79 Å². The average Bonchev–Trinajstić information content (AvgIpc) is 2.46. The smallest absolute Gasteiger partial charge is 0.222 e. The van der Waals surface area contributed by atoms with E-state index in [1.165, 1.54) is 12.5 Å². The fourth-order valence-corrected chi connectivity index (χ4v) is 2.81. The minimum absolute atomic E-state index is 0.147. The molecular weight excluding hydrogens is 288 g/mol. The summed E-state index contributed by atoms with van der Waals surface area (Å²) in [6.45, 7) is 5.46. The fourth-order valence-electron chi connectivity index (χ4n) is 2.81. The van der Waals surface area contributed by atoms with Crippen LogP contribution in [0.3, 0.4) is 0 Å². The van der Waals surface area contributed by atoms with E-state index in [9.17, 15) is 4.79 Å². The lowest BCUT2D eigenvalue weighted by Crippen LogP contribution is -2.15. The van der Waals surface area contributed by atoms with Crippen molar-refractivity contribution in [2.24, 2.45) is 0 Å². The van der Waals surface area contributed by atoms with Crippen LogP contribution >= 0.6 is 0 Å².